The van der Waals surface area contributed by atoms with Crippen molar-refractivity contribution < 1.29 is 0 Å². The van der Waals surface area contributed by atoms with Gasteiger partial charge in [-0.05, 0) is 93.1 Å². The van der Waals surface area contributed by atoms with E-state index in [0.717, 1.165) is 34.6 Å². The highest BCUT2D eigenvalue weighted by atomic mass is 15.8. The first-order valence-corrected chi connectivity index (χ1v) is 16.3. The minimum atomic E-state index is 0.419. The molecule has 0 spiro atoms. The second-order valence-electron chi connectivity index (χ2n) is 12.4. The van der Waals surface area contributed by atoms with Crippen LogP contribution in [0.5, 0.6) is 0 Å². The summed E-state index contributed by atoms with van der Waals surface area (Å²) in [6.07, 6.45) is 7.61. The van der Waals surface area contributed by atoms with Crippen molar-refractivity contribution in [1.29, 1.82) is 0 Å². The maximum Gasteiger partial charge on any atom is 0.179 e. The van der Waals surface area contributed by atoms with Gasteiger partial charge >= 0.3 is 0 Å². The minimum absolute atomic E-state index is 0.419. The Kier molecular flexibility index (Phi) is 7.83. The van der Waals surface area contributed by atoms with Gasteiger partial charge in [-0.15, -0.1) is 15.7 Å². The summed E-state index contributed by atoms with van der Waals surface area (Å²) in [4.78, 5) is 0. The summed E-state index contributed by atoms with van der Waals surface area (Å²) in [7, 11) is 0. The molecule has 1 unspecified atom stereocenters. The van der Waals surface area contributed by atoms with E-state index in [-0.39, 0.29) is 0 Å². The van der Waals surface area contributed by atoms with E-state index < -0.39 is 0 Å². The third-order valence-electron chi connectivity index (χ3n) is 9.58. The van der Waals surface area contributed by atoms with E-state index in [1.54, 1.807) is 0 Å². The number of benzene rings is 4. The molecule has 0 amide bonds. The Morgan fingerprint density at radius 1 is 0.609 bits per heavy atom. The maximum atomic E-state index is 4.30. The molecule has 1 aliphatic carbocycles. The van der Waals surface area contributed by atoms with Crippen LogP contribution in [0.4, 0.5) is 0 Å². The van der Waals surface area contributed by atoms with E-state index in [9.17, 15) is 0 Å². The molecular weight excluding hydrogens is 570 g/mol. The standard InChI is InChI=1S/C37H37N9/c1-2-5-24(4-1)25-7-11-27(12-8-25)34(29-15-19-31(20-16-29)36-39-43-44-40-36)35(28-13-9-26(10-14-28)33-6-3-23-38-33)30-17-21-32(22-18-30)37-41-45-46-42-37/h7-22,24,33,38,43-44H,1-6,23H2,(H,39,40)(H,41,42,45,46)/b35-34-. The zero-order valence-corrected chi connectivity index (χ0v) is 25.6. The van der Waals surface area contributed by atoms with Gasteiger partial charge in [-0.25, -0.2) is 10.6 Å². The summed E-state index contributed by atoms with van der Waals surface area (Å²) in [5.74, 6) is 2.07. The number of hydrogen-bond donors (Lipinski definition) is 5. The zero-order valence-electron chi connectivity index (χ0n) is 25.6. The average molecular weight is 608 g/mol. The van der Waals surface area contributed by atoms with Crippen LogP contribution >= 0.6 is 0 Å². The fourth-order valence-electron chi connectivity index (χ4n) is 7.15. The van der Waals surface area contributed by atoms with Crippen molar-refractivity contribution in [2.24, 2.45) is 5.10 Å². The maximum absolute atomic E-state index is 4.30. The first-order valence-electron chi connectivity index (χ1n) is 16.3. The molecular formula is C37H37N9. The smallest absolute Gasteiger partial charge is 0.179 e. The molecule has 1 saturated carbocycles. The number of H-pyrrole nitrogens is 1. The topological polar surface area (TPSA) is 115 Å². The Morgan fingerprint density at radius 2 is 1.20 bits per heavy atom. The molecule has 3 heterocycles. The molecule has 2 fully saturated rings. The molecule has 5 aromatic rings. The van der Waals surface area contributed by atoms with Gasteiger partial charge in [0.1, 0.15) is 0 Å². The van der Waals surface area contributed by atoms with Crippen molar-refractivity contribution in [2.75, 3.05) is 6.54 Å². The van der Waals surface area contributed by atoms with Crippen LogP contribution < -0.4 is 21.8 Å². The first-order chi connectivity index (χ1) is 22.8. The number of tetrazole rings is 1. The van der Waals surface area contributed by atoms with Gasteiger partial charge in [-0.3, -0.25) is 5.43 Å². The third-order valence-corrected chi connectivity index (χ3v) is 9.58. The Balaban J connectivity index is 1.29. The van der Waals surface area contributed by atoms with E-state index in [4.69, 9.17) is 0 Å². The van der Waals surface area contributed by atoms with E-state index >= 15 is 0 Å². The van der Waals surface area contributed by atoms with Crippen molar-refractivity contribution in [1.82, 2.24) is 42.4 Å². The van der Waals surface area contributed by atoms with Crippen LogP contribution in [-0.4, -0.2) is 33.0 Å². The van der Waals surface area contributed by atoms with Crippen LogP contribution in [0.3, 0.4) is 0 Å². The number of amidine groups is 1. The molecule has 0 bridgehead atoms. The molecule has 230 valence electrons. The first kappa shape index (κ1) is 28.4. The largest absolute Gasteiger partial charge is 0.310 e. The van der Waals surface area contributed by atoms with Gasteiger partial charge in [-0.2, -0.15) is 0 Å². The molecule has 3 aliphatic rings. The fraction of sp³-hybridized carbons (Fsp3) is 0.243. The lowest BCUT2D eigenvalue weighted by Crippen LogP contribution is -2.35. The van der Waals surface area contributed by atoms with Crippen LogP contribution in [0.15, 0.2) is 102 Å². The van der Waals surface area contributed by atoms with Gasteiger partial charge in [-0.1, -0.05) is 110 Å². The number of hydrazine groups is 2. The van der Waals surface area contributed by atoms with Crippen LogP contribution in [-0.2, 0) is 0 Å². The summed E-state index contributed by atoms with van der Waals surface area (Å²) < 4.78 is 0. The lowest BCUT2D eigenvalue weighted by Gasteiger charge is -2.20. The Bertz CT molecular complexity index is 1830. The van der Waals surface area contributed by atoms with Crippen molar-refractivity contribution in [3.05, 3.63) is 136 Å². The van der Waals surface area contributed by atoms with E-state index in [1.165, 1.54) is 71.9 Å². The lowest BCUT2D eigenvalue weighted by molar-refractivity contribution is 0.577. The summed E-state index contributed by atoms with van der Waals surface area (Å²) in [6, 6.07) is 36.1. The van der Waals surface area contributed by atoms with Crippen molar-refractivity contribution >= 4 is 17.0 Å². The molecule has 1 saturated heterocycles. The average Bonchev–Trinajstić information content (AvgIpc) is 3.96. The van der Waals surface area contributed by atoms with Gasteiger partial charge < -0.3 is 5.32 Å². The van der Waals surface area contributed by atoms with Gasteiger partial charge in [0.25, 0.3) is 0 Å². The molecule has 9 heteroatoms. The Morgan fingerprint density at radius 3 is 1.72 bits per heavy atom. The van der Waals surface area contributed by atoms with E-state index in [0.29, 0.717) is 17.8 Å². The molecule has 1 aromatic heterocycles. The Hall–Kier alpha value is -5.12. The molecule has 1 atom stereocenters. The monoisotopic (exact) mass is 607 g/mol. The van der Waals surface area contributed by atoms with Gasteiger partial charge in [0, 0.05) is 17.2 Å². The quantitative estimate of drug-likeness (QED) is 0.133. The van der Waals surface area contributed by atoms with Gasteiger partial charge in [0.15, 0.2) is 11.7 Å². The Labute approximate surface area is 268 Å². The number of aromatic amines is 1. The number of hydrogen-bond acceptors (Lipinski definition) is 8. The summed E-state index contributed by atoms with van der Waals surface area (Å²) in [5, 5.41) is 22.5. The highest BCUT2D eigenvalue weighted by Crippen LogP contribution is 2.40. The fourth-order valence-corrected chi connectivity index (χ4v) is 7.15. The lowest BCUT2D eigenvalue weighted by atomic mass is 9.84. The van der Waals surface area contributed by atoms with E-state index in [1.807, 2.05) is 0 Å². The third kappa shape index (κ3) is 5.71. The predicted octanol–water partition coefficient (Wildman–Crippen LogP) is 6.23. The highest BCUT2D eigenvalue weighted by molar-refractivity contribution is 6.05. The number of nitrogens with one attached hydrogen (secondary N) is 5. The number of hydrazone groups is 1. The predicted molar refractivity (Wildman–Crippen MR) is 181 cm³/mol. The molecule has 0 radical (unpaired) electrons. The molecule has 5 N–H and O–H groups in total. The summed E-state index contributed by atoms with van der Waals surface area (Å²) >= 11 is 0. The SMILES string of the molecule is c1cc(/C(=C(\c2ccc(-c3nnn[nH]3)cc2)c2ccc(C3CCCN3)cc2)c2ccc(C3CCCC3)cc2)ccc1C1=NNNN1. The second kappa shape index (κ2) is 12.7. The normalized spacial score (nSPS) is 18.6. The minimum Gasteiger partial charge on any atom is -0.310 e. The van der Waals surface area contributed by atoms with Crippen molar-refractivity contribution in [3.63, 3.8) is 0 Å². The van der Waals surface area contributed by atoms with Gasteiger partial charge in [0.2, 0.25) is 0 Å². The molecule has 46 heavy (non-hydrogen) atoms. The molecule has 9 nitrogen and oxygen atoms in total. The number of aromatic nitrogens is 4. The number of nitrogens with zero attached hydrogens (tertiary/aromatic N) is 4. The van der Waals surface area contributed by atoms with Crippen LogP contribution in [0.1, 0.15) is 89.4 Å². The van der Waals surface area contributed by atoms with Crippen LogP contribution in [0.25, 0.3) is 22.5 Å². The van der Waals surface area contributed by atoms with E-state index in [2.05, 4.69) is 145 Å². The summed E-state index contributed by atoms with van der Waals surface area (Å²) in [5.41, 5.74) is 20.4. The van der Waals surface area contributed by atoms with Crippen LogP contribution in [0.2, 0.25) is 0 Å². The molecule has 2 aliphatic heterocycles. The molecule has 8 rings (SSSR count). The van der Waals surface area contributed by atoms with Gasteiger partial charge in [0.05, 0.1) is 0 Å². The summed E-state index contributed by atoms with van der Waals surface area (Å²) in [6.45, 7) is 1.08. The highest BCUT2D eigenvalue weighted by Gasteiger charge is 2.21. The molecule has 4 aromatic carbocycles. The second-order valence-corrected chi connectivity index (χ2v) is 12.4. The zero-order chi connectivity index (χ0) is 30.7. The van der Waals surface area contributed by atoms with Crippen LogP contribution in [0, 0.1) is 0 Å². The van der Waals surface area contributed by atoms with Crippen molar-refractivity contribution in [2.45, 2.75) is 50.5 Å². The van der Waals surface area contributed by atoms with Crippen molar-refractivity contribution in [3.8, 4) is 11.4 Å². The number of rotatable bonds is 8.